The summed E-state index contributed by atoms with van der Waals surface area (Å²) in [5, 5.41) is 0. The Labute approximate surface area is 111 Å². The maximum absolute atomic E-state index is 12.3. The van der Waals surface area contributed by atoms with Crippen LogP contribution in [-0.4, -0.2) is 39.9 Å². The third-order valence-electron chi connectivity index (χ3n) is 2.24. The average Bonchev–Trinajstić information content (AvgIpc) is 2.30. The molecule has 0 fully saturated rings. The second kappa shape index (κ2) is 11.6. The first-order chi connectivity index (χ1) is 8.18. The Morgan fingerprint density at radius 1 is 0.706 bits per heavy atom. The first-order valence-corrected chi connectivity index (χ1v) is 10.9. The van der Waals surface area contributed by atoms with E-state index in [1.165, 1.54) is 0 Å². The Bertz CT molecular complexity index is 175. The van der Waals surface area contributed by atoms with Crippen molar-refractivity contribution in [3.05, 3.63) is 0 Å². The standard InChI is InChI=1S/3C4H9O.O.Sb/c3*1-2-3-4-5;;/h3*2-4H2,1H3;;/q3*-1;;+3. The van der Waals surface area contributed by atoms with Crippen LogP contribution in [0.5, 0.6) is 0 Å². The zero-order valence-electron chi connectivity index (χ0n) is 11.4. The van der Waals surface area contributed by atoms with Crippen LogP contribution >= 0.6 is 0 Å². The molecule has 0 aromatic rings. The molecule has 0 unspecified atom stereocenters. The summed E-state index contributed by atoms with van der Waals surface area (Å²) in [7, 11) is 0. The van der Waals surface area contributed by atoms with E-state index in [-0.39, 0.29) is 0 Å². The van der Waals surface area contributed by atoms with Gasteiger partial charge in [-0.1, -0.05) is 0 Å². The summed E-state index contributed by atoms with van der Waals surface area (Å²) >= 11 is -4.28. The SMILES string of the molecule is CCCC[O][Sb](=[O])([O]CCCC)[O]CCCC. The van der Waals surface area contributed by atoms with Gasteiger partial charge in [-0.05, 0) is 0 Å². The Balaban J connectivity index is 4.00. The molecule has 0 saturated carbocycles. The predicted molar refractivity (Wildman–Crippen MR) is 69.0 cm³/mol. The Kier molecular flexibility index (Phi) is 11.9. The minimum absolute atomic E-state index is 0.476. The molecule has 4 nitrogen and oxygen atoms in total. The van der Waals surface area contributed by atoms with Crippen LogP contribution in [0.3, 0.4) is 0 Å². The topological polar surface area (TPSA) is 44.8 Å². The van der Waals surface area contributed by atoms with E-state index in [1.54, 1.807) is 0 Å². The fourth-order valence-electron chi connectivity index (χ4n) is 1.07. The summed E-state index contributed by atoms with van der Waals surface area (Å²) < 4.78 is 28.3. The van der Waals surface area contributed by atoms with Gasteiger partial charge in [-0.3, -0.25) is 0 Å². The fourth-order valence-corrected chi connectivity index (χ4v) is 4.73. The normalized spacial score (nSPS) is 11.9. The summed E-state index contributed by atoms with van der Waals surface area (Å²) in [6, 6.07) is 0. The molecule has 0 N–H and O–H groups in total. The van der Waals surface area contributed by atoms with E-state index in [1.807, 2.05) is 0 Å². The quantitative estimate of drug-likeness (QED) is 0.397. The Hall–Kier alpha value is 0.498. The van der Waals surface area contributed by atoms with Crippen LogP contribution in [0.1, 0.15) is 59.3 Å². The van der Waals surface area contributed by atoms with Gasteiger partial charge in [0.15, 0.2) is 0 Å². The van der Waals surface area contributed by atoms with Crippen molar-refractivity contribution >= 4 is 20.1 Å². The molecule has 0 spiro atoms. The van der Waals surface area contributed by atoms with Crippen molar-refractivity contribution in [2.45, 2.75) is 59.3 Å². The molecule has 0 bridgehead atoms. The van der Waals surface area contributed by atoms with Crippen molar-refractivity contribution in [2.75, 3.05) is 19.8 Å². The first-order valence-electron chi connectivity index (χ1n) is 6.72. The van der Waals surface area contributed by atoms with Crippen LogP contribution in [0, 0.1) is 0 Å². The van der Waals surface area contributed by atoms with Gasteiger partial charge in [-0.15, -0.1) is 0 Å². The number of unbranched alkanes of at least 4 members (excludes halogenated alkanes) is 3. The van der Waals surface area contributed by atoms with E-state index in [9.17, 15) is 3.02 Å². The van der Waals surface area contributed by atoms with Crippen LogP contribution in [0.2, 0.25) is 0 Å². The molecule has 5 heteroatoms. The molecule has 0 heterocycles. The van der Waals surface area contributed by atoms with Crippen LogP contribution in [0.4, 0.5) is 0 Å². The van der Waals surface area contributed by atoms with Crippen molar-refractivity contribution < 1.29 is 12.1 Å². The van der Waals surface area contributed by atoms with Gasteiger partial charge in [0.25, 0.3) is 0 Å². The zero-order valence-corrected chi connectivity index (χ0v) is 14.0. The third-order valence-corrected chi connectivity index (χ3v) is 6.51. The van der Waals surface area contributed by atoms with Gasteiger partial charge >= 0.3 is 111 Å². The summed E-state index contributed by atoms with van der Waals surface area (Å²) in [5.74, 6) is 0. The second-order valence-electron chi connectivity index (χ2n) is 4.01. The molecule has 0 aliphatic rings. The maximum atomic E-state index is 12.3. The molecule has 0 aromatic heterocycles. The fraction of sp³-hybridized carbons (Fsp3) is 1.00. The van der Waals surface area contributed by atoms with Crippen molar-refractivity contribution in [3.63, 3.8) is 0 Å². The molecule has 0 amide bonds. The molecule has 104 valence electrons. The van der Waals surface area contributed by atoms with E-state index in [2.05, 4.69) is 20.8 Å². The molecule has 0 atom stereocenters. The number of hydrogen-bond donors (Lipinski definition) is 0. The Morgan fingerprint density at radius 2 is 1.00 bits per heavy atom. The van der Waals surface area contributed by atoms with E-state index >= 15 is 0 Å². The monoisotopic (exact) mass is 356 g/mol. The first kappa shape index (κ1) is 17.5. The molecular formula is C12H27O4Sb. The van der Waals surface area contributed by atoms with Gasteiger partial charge in [0, 0.05) is 0 Å². The van der Waals surface area contributed by atoms with Gasteiger partial charge in [0.2, 0.25) is 0 Å². The molecule has 0 radical (unpaired) electrons. The van der Waals surface area contributed by atoms with Crippen LogP contribution in [-0.2, 0) is 12.1 Å². The van der Waals surface area contributed by atoms with Gasteiger partial charge in [0.05, 0.1) is 0 Å². The van der Waals surface area contributed by atoms with E-state index in [0.717, 1.165) is 38.5 Å². The summed E-state index contributed by atoms with van der Waals surface area (Å²) in [5.41, 5.74) is 0. The molecule has 0 aliphatic heterocycles. The number of hydrogen-bond acceptors (Lipinski definition) is 4. The van der Waals surface area contributed by atoms with E-state index < -0.39 is 20.1 Å². The third kappa shape index (κ3) is 10.1. The number of rotatable bonds is 12. The van der Waals surface area contributed by atoms with E-state index in [4.69, 9.17) is 9.05 Å². The summed E-state index contributed by atoms with van der Waals surface area (Å²) in [4.78, 5) is 0. The second-order valence-corrected chi connectivity index (χ2v) is 8.77. The molecule has 0 aromatic carbocycles. The van der Waals surface area contributed by atoms with Gasteiger partial charge < -0.3 is 0 Å². The van der Waals surface area contributed by atoms with Gasteiger partial charge in [0.1, 0.15) is 0 Å². The van der Waals surface area contributed by atoms with Crippen molar-refractivity contribution in [3.8, 4) is 0 Å². The van der Waals surface area contributed by atoms with Crippen LogP contribution < -0.4 is 0 Å². The average molecular weight is 357 g/mol. The van der Waals surface area contributed by atoms with Crippen LogP contribution in [0.25, 0.3) is 0 Å². The van der Waals surface area contributed by atoms with Crippen molar-refractivity contribution in [2.24, 2.45) is 0 Å². The summed E-state index contributed by atoms with van der Waals surface area (Å²) in [6.07, 6.45) is 5.74. The van der Waals surface area contributed by atoms with Gasteiger partial charge in [-0.2, -0.15) is 0 Å². The summed E-state index contributed by atoms with van der Waals surface area (Å²) in [6.45, 7) is 7.64. The minimum atomic E-state index is -4.28. The molecule has 0 saturated heterocycles. The zero-order chi connectivity index (χ0) is 13.0. The predicted octanol–water partition coefficient (Wildman–Crippen LogP) is 3.30. The molecular weight excluding hydrogens is 330 g/mol. The molecule has 0 aliphatic carbocycles. The Morgan fingerprint density at radius 3 is 1.24 bits per heavy atom. The van der Waals surface area contributed by atoms with Gasteiger partial charge in [-0.25, -0.2) is 0 Å². The van der Waals surface area contributed by atoms with Crippen molar-refractivity contribution in [1.29, 1.82) is 0 Å². The van der Waals surface area contributed by atoms with Crippen molar-refractivity contribution in [1.82, 2.24) is 0 Å². The van der Waals surface area contributed by atoms with Crippen LogP contribution in [0.15, 0.2) is 0 Å². The molecule has 0 rings (SSSR count). The van der Waals surface area contributed by atoms with E-state index in [0.29, 0.717) is 19.8 Å². The molecule has 17 heavy (non-hydrogen) atoms.